The fourth-order valence-corrected chi connectivity index (χ4v) is 6.41. The van der Waals surface area contributed by atoms with Gasteiger partial charge in [0, 0.05) is 17.6 Å². The molecule has 3 aliphatic heterocycles. The molecule has 0 bridgehead atoms. The smallest absolute Gasteiger partial charge is 0.424 e. The number of hydrogen-bond acceptors (Lipinski definition) is 11. The Morgan fingerprint density at radius 1 is 1.33 bits per heavy atom. The van der Waals surface area contributed by atoms with E-state index in [-0.39, 0.29) is 13.2 Å². The lowest BCUT2D eigenvalue weighted by molar-refractivity contribution is -0.0923. The highest BCUT2D eigenvalue weighted by Gasteiger charge is 2.64. The molecule has 1 aromatic carbocycles. The van der Waals surface area contributed by atoms with Gasteiger partial charge in [-0.05, 0) is 30.7 Å². The third-order valence-electron chi connectivity index (χ3n) is 6.52. The van der Waals surface area contributed by atoms with Gasteiger partial charge in [-0.1, -0.05) is 23.7 Å². The Hall–Kier alpha value is -2.73. The average Bonchev–Trinajstić information content (AvgIpc) is 3.48. The predicted octanol–water partition coefficient (Wildman–Crippen LogP) is 4.16. The largest absolute Gasteiger partial charge is 0.509 e. The summed E-state index contributed by atoms with van der Waals surface area (Å²) in [6.45, 7) is 1.61. The first kappa shape index (κ1) is 23.7. The van der Waals surface area contributed by atoms with E-state index in [1.807, 2.05) is 6.07 Å². The number of benzene rings is 1. The topological polar surface area (TPSA) is 146 Å². The molecular weight excluding hydrogens is 515 g/mol. The van der Waals surface area contributed by atoms with Gasteiger partial charge in [-0.2, -0.15) is 0 Å². The van der Waals surface area contributed by atoms with Crippen LogP contribution < -0.4 is 5.73 Å². The van der Waals surface area contributed by atoms with E-state index in [0.29, 0.717) is 28.3 Å². The van der Waals surface area contributed by atoms with Crippen molar-refractivity contribution in [2.24, 2.45) is 0 Å². The van der Waals surface area contributed by atoms with E-state index < -0.39 is 44.1 Å². The normalized spacial score (nSPS) is 33.9. The van der Waals surface area contributed by atoms with Gasteiger partial charge in [0.1, 0.15) is 23.9 Å². The second kappa shape index (κ2) is 8.69. The molecule has 0 amide bonds. The minimum absolute atomic E-state index is 0.165. The maximum Gasteiger partial charge on any atom is 0.509 e. The molecular formula is C22H22ClN4O8P. The van der Waals surface area contributed by atoms with E-state index in [2.05, 4.69) is 9.97 Å². The van der Waals surface area contributed by atoms with Gasteiger partial charge in [0.15, 0.2) is 17.9 Å². The van der Waals surface area contributed by atoms with Crippen LogP contribution in [0.3, 0.4) is 0 Å². The number of ether oxygens (including phenoxy) is 3. The van der Waals surface area contributed by atoms with E-state index in [1.165, 1.54) is 6.33 Å². The van der Waals surface area contributed by atoms with Crippen LogP contribution in [0, 0.1) is 0 Å². The molecule has 2 N–H and O–H groups in total. The number of anilines is 1. The Morgan fingerprint density at radius 3 is 3.03 bits per heavy atom. The zero-order valence-corrected chi connectivity index (χ0v) is 20.6. The third kappa shape index (κ3) is 3.94. The molecule has 3 aliphatic rings. The average molecular weight is 537 g/mol. The summed E-state index contributed by atoms with van der Waals surface area (Å²) in [5.74, 6) is 0.303. The van der Waals surface area contributed by atoms with Crippen molar-refractivity contribution in [1.29, 1.82) is 0 Å². The van der Waals surface area contributed by atoms with Gasteiger partial charge < -0.3 is 24.5 Å². The van der Waals surface area contributed by atoms with Crippen molar-refractivity contribution in [2.45, 2.75) is 43.5 Å². The van der Waals surface area contributed by atoms with Gasteiger partial charge in [0.2, 0.25) is 0 Å². The van der Waals surface area contributed by atoms with Crippen molar-refractivity contribution < 1.29 is 37.1 Å². The summed E-state index contributed by atoms with van der Waals surface area (Å²) in [7, 11) is -3.95. The van der Waals surface area contributed by atoms with E-state index in [4.69, 9.17) is 45.1 Å². The monoisotopic (exact) mass is 536 g/mol. The standard InChI is InChI=1S/C22H22ClN4O8P/c1-22-17(33-21(28)34-22)16(32-20(22)27-7-5-14-18(24)25-11-26-19(14)27)10-31-36(29)30-8-6-15(35-36)12-3-2-4-13(23)9-12/h2-5,7,9,11,15-17,20H,6,8,10H2,1H3,(H2,24,25,26)/t15-,16-,17-,20-,22-,36?/m1/s1. The van der Waals surface area contributed by atoms with Crippen molar-refractivity contribution in [2.75, 3.05) is 18.9 Å². The highest BCUT2D eigenvalue weighted by Crippen LogP contribution is 2.58. The number of carbonyl (C=O) groups is 1. The van der Waals surface area contributed by atoms with Gasteiger partial charge in [-0.3, -0.25) is 13.6 Å². The van der Waals surface area contributed by atoms with Crippen LogP contribution >= 0.6 is 19.4 Å². The number of rotatable bonds is 5. The fraction of sp³-hybridized carbons (Fsp3) is 0.409. The first-order valence-electron chi connectivity index (χ1n) is 11.2. The second-order valence-electron chi connectivity index (χ2n) is 8.83. The van der Waals surface area contributed by atoms with Gasteiger partial charge in [-0.15, -0.1) is 0 Å². The molecule has 1 unspecified atom stereocenters. The van der Waals surface area contributed by atoms with Crippen LogP contribution in [0.25, 0.3) is 11.0 Å². The first-order valence-corrected chi connectivity index (χ1v) is 13.0. The Morgan fingerprint density at radius 2 is 2.19 bits per heavy atom. The molecule has 2 aromatic heterocycles. The van der Waals surface area contributed by atoms with Crippen LogP contribution in [0.15, 0.2) is 42.9 Å². The summed E-state index contributed by atoms with van der Waals surface area (Å²) in [5, 5.41) is 1.15. The molecule has 3 aromatic rings. The number of carbonyl (C=O) groups excluding carboxylic acids is 1. The Kier molecular flexibility index (Phi) is 5.71. The number of aromatic nitrogens is 3. The number of nitrogens with two attached hydrogens (primary N) is 1. The highest BCUT2D eigenvalue weighted by atomic mass is 35.5. The molecule has 6 rings (SSSR count). The maximum atomic E-state index is 13.3. The third-order valence-corrected chi connectivity index (χ3v) is 8.23. The van der Waals surface area contributed by atoms with Crippen LogP contribution in [0.1, 0.15) is 31.2 Å². The zero-order valence-electron chi connectivity index (χ0n) is 19.0. The lowest BCUT2D eigenvalue weighted by atomic mass is 9.96. The first-order chi connectivity index (χ1) is 17.3. The summed E-state index contributed by atoms with van der Waals surface area (Å²) in [5.41, 5.74) is 6.00. The summed E-state index contributed by atoms with van der Waals surface area (Å²) in [6, 6.07) is 8.84. The number of halogens is 1. The molecule has 0 radical (unpaired) electrons. The number of phosphoric ester groups is 1. The Balaban J connectivity index is 1.23. The van der Waals surface area contributed by atoms with Crippen molar-refractivity contribution >= 4 is 42.4 Å². The molecule has 3 saturated heterocycles. The fourth-order valence-electron chi connectivity index (χ4n) is 4.82. The maximum absolute atomic E-state index is 13.3. The number of nitrogens with zero attached hydrogens (tertiary/aromatic N) is 3. The predicted molar refractivity (Wildman–Crippen MR) is 125 cm³/mol. The number of fused-ring (bicyclic) bond motifs is 2. The van der Waals surface area contributed by atoms with Crippen molar-refractivity contribution in [3.05, 3.63) is 53.4 Å². The van der Waals surface area contributed by atoms with Crippen LogP contribution in [-0.4, -0.2) is 51.7 Å². The van der Waals surface area contributed by atoms with E-state index in [1.54, 1.807) is 42.0 Å². The number of phosphoric acid groups is 1. The summed E-state index contributed by atoms with van der Waals surface area (Å²) in [6.07, 6.45) is -0.363. The molecule has 5 heterocycles. The van der Waals surface area contributed by atoms with Crippen LogP contribution in [0.4, 0.5) is 10.6 Å². The molecule has 12 nitrogen and oxygen atoms in total. The Labute approximate surface area is 210 Å². The molecule has 190 valence electrons. The summed E-state index contributed by atoms with van der Waals surface area (Å²) in [4.78, 5) is 20.4. The SMILES string of the molecule is C[C@@]12OC(=O)O[C@@H]1[C@@H](COP1(=O)OCC[C@H](c3cccc(Cl)c3)O1)O[C@H]2n1ccc2c(N)ncnc21. The molecule has 6 atom stereocenters. The van der Waals surface area contributed by atoms with Gasteiger partial charge in [-0.25, -0.2) is 19.3 Å². The van der Waals surface area contributed by atoms with Crippen molar-refractivity contribution in [3.63, 3.8) is 0 Å². The van der Waals surface area contributed by atoms with Crippen LogP contribution in [0.5, 0.6) is 0 Å². The van der Waals surface area contributed by atoms with Gasteiger partial charge in [0.05, 0.1) is 24.7 Å². The molecule has 3 fully saturated rings. The summed E-state index contributed by atoms with van der Waals surface area (Å²) >= 11 is 6.09. The molecule has 0 saturated carbocycles. The van der Waals surface area contributed by atoms with Crippen LogP contribution in [0.2, 0.25) is 5.02 Å². The van der Waals surface area contributed by atoms with Gasteiger partial charge >= 0.3 is 14.0 Å². The number of hydrogen-bond donors (Lipinski definition) is 1. The van der Waals surface area contributed by atoms with E-state index >= 15 is 0 Å². The molecule has 0 spiro atoms. The molecule has 36 heavy (non-hydrogen) atoms. The number of nitrogen functional groups attached to an aromatic ring is 1. The molecule has 14 heteroatoms. The minimum Gasteiger partial charge on any atom is -0.424 e. The minimum atomic E-state index is -3.95. The summed E-state index contributed by atoms with van der Waals surface area (Å²) < 4.78 is 48.9. The quantitative estimate of drug-likeness (QED) is 0.370. The van der Waals surface area contributed by atoms with Crippen molar-refractivity contribution in [3.8, 4) is 0 Å². The lowest BCUT2D eigenvalue weighted by Gasteiger charge is -2.30. The van der Waals surface area contributed by atoms with E-state index in [0.717, 1.165) is 5.56 Å². The van der Waals surface area contributed by atoms with Crippen LogP contribution in [-0.2, 0) is 32.3 Å². The lowest BCUT2D eigenvalue weighted by Crippen LogP contribution is -2.42. The van der Waals surface area contributed by atoms with E-state index in [9.17, 15) is 9.36 Å². The van der Waals surface area contributed by atoms with Gasteiger partial charge in [0.25, 0.3) is 0 Å². The van der Waals surface area contributed by atoms with Crippen molar-refractivity contribution in [1.82, 2.24) is 14.5 Å². The molecule has 0 aliphatic carbocycles. The zero-order chi connectivity index (χ0) is 25.1. The Bertz CT molecular complexity index is 1390. The highest BCUT2D eigenvalue weighted by molar-refractivity contribution is 7.48. The second-order valence-corrected chi connectivity index (χ2v) is 10.9.